The Hall–Kier alpha value is -0.480. The molecule has 0 bridgehead atoms. The Balaban J connectivity index is 1.75. The van der Waals surface area contributed by atoms with E-state index < -0.39 is 0 Å². The van der Waals surface area contributed by atoms with Gasteiger partial charge in [-0.15, -0.1) is 11.8 Å². The smallest absolute Gasteiger partial charge is 0.233 e. The Labute approximate surface area is 127 Å². The molecule has 0 spiro atoms. The van der Waals surface area contributed by atoms with Crippen LogP contribution in [0.25, 0.3) is 0 Å². The van der Waals surface area contributed by atoms with Crippen molar-refractivity contribution in [1.82, 2.24) is 5.32 Å². The maximum atomic E-state index is 12.0. The van der Waals surface area contributed by atoms with E-state index >= 15 is 0 Å². The van der Waals surface area contributed by atoms with Gasteiger partial charge in [-0.05, 0) is 37.5 Å². The number of rotatable bonds is 5. The highest BCUT2D eigenvalue weighted by Gasteiger charge is 2.20. The average Bonchev–Trinajstić information content (AvgIpc) is 2.90. The number of hydrogen-bond acceptors (Lipinski definition) is 2. The zero-order chi connectivity index (χ0) is 13.7. The second-order valence-electron chi connectivity index (χ2n) is 5.07. The predicted molar refractivity (Wildman–Crippen MR) is 85.3 cm³/mol. The highest BCUT2D eigenvalue weighted by molar-refractivity contribution is 9.10. The Kier molecular flexibility index (Phi) is 5.76. The van der Waals surface area contributed by atoms with Crippen molar-refractivity contribution in [2.45, 2.75) is 49.7 Å². The van der Waals surface area contributed by atoms with Crippen molar-refractivity contribution < 1.29 is 4.79 Å². The van der Waals surface area contributed by atoms with Gasteiger partial charge >= 0.3 is 0 Å². The molecule has 104 valence electrons. The first kappa shape index (κ1) is 14.9. The molecule has 19 heavy (non-hydrogen) atoms. The average molecular weight is 342 g/mol. The lowest BCUT2D eigenvalue weighted by atomic mass is 10.2. The molecule has 1 aromatic rings. The van der Waals surface area contributed by atoms with E-state index in [-0.39, 0.29) is 11.2 Å². The first-order valence-corrected chi connectivity index (χ1v) is 8.66. The topological polar surface area (TPSA) is 29.1 Å². The number of nitrogens with one attached hydrogen (secondary N) is 1. The van der Waals surface area contributed by atoms with Crippen LogP contribution in [0.2, 0.25) is 0 Å². The molecule has 0 unspecified atom stereocenters. The molecule has 2 nitrogen and oxygen atoms in total. The first-order chi connectivity index (χ1) is 9.15. The molecule has 2 rings (SSSR count). The minimum atomic E-state index is 0.0178. The van der Waals surface area contributed by atoms with Gasteiger partial charge in [-0.2, -0.15) is 0 Å². The highest BCUT2D eigenvalue weighted by atomic mass is 79.9. The lowest BCUT2D eigenvalue weighted by Gasteiger charge is -2.16. The van der Waals surface area contributed by atoms with Gasteiger partial charge in [0.1, 0.15) is 0 Å². The van der Waals surface area contributed by atoms with Crippen LogP contribution in [0.15, 0.2) is 28.7 Å². The summed E-state index contributed by atoms with van der Waals surface area (Å²) in [5.74, 6) is 1.07. The summed E-state index contributed by atoms with van der Waals surface area (Å²) in [6.45, 7) is 1.99. The quantitative estimate of drug-likeness (QED) is 0.872. The summed E-state index contributed by atoms with van der Waals surface area (Å²) in [4.78, 5) is 12.0. The van der Waals surface area contributed by atoms with Crippen LogP contribution < -0.4 is 5.32 Å². The van der Waals surface area contributed by atoms with Crippen molar-refractivity contribution >= 4 is 33.6 Å². The van der Waals surface area contributed by atoms with E-state index in [9.17, 15) is 4.79 Å². The van der Waals surface area contributed by atoms with Crippen molar-refractivity contribution in [2.24, 2.45) is 0 Å². The van der Waals surface area contributed by atoms with Crippen LogP contribution in [0.4, 0.5) is 0 Å². The van der Waals surface area contributed by atoms with E-state index in [1.165, 1.54) is 18.4 Å². The summed E-state index contributed by atoms with van der Waals surface area (Å²) in [6.07, 6.45) is 4.81. The Bertz CT molecular complexity index is 415. The summed E-state index contributed by atoms with van der Waals surface area (Å²) in [5, 5.41) is 3.17. The highest BCUT2D eigenvalue weighted by Crippen LogP contribution is 2.21. The van der Waals surface area contributed by atoms with Crippen LogP contribution in [0.5, 0.6) is 0 Å². The molecule has 1 atom stereocenters. The van der Waals surface area contributed by atoms with Crippen LogP contribution in [0.3, 0.4) is 0 Å². The van der Waals surface area contributed by atoms with Gasteiger partial charge in [0.15, 0.2) is 0 Å². The fraction of sp³-hybridized carbons (Fsp3) is 0.533. The second-order valence-corrected chi connectivity index (χ2v) is 7.31. The molecule has 4 heteroatoms. The maximum absolute atomic E-state index is 12.0. The van der Waals surface area contributed by atoms with Crippen LogP contribution in [0, 0.1) is 0 Å². The van der Waals surface area contributed by atoms with Gasteiger partial charge in [0, 0.05) is 16.3 Å². The fourth-order valence-electron chi connectivity index (χ4n) is 2.27. The van der Waals surface area contributed by atoms with Gasteiger partial charge < -0.3 is 5.32 Å². The third-order valence-electron chi connectivity index (χ3n) is 3.48. The minimum absolute atomic E-state index is 0.0178. The van der Waals surface area contributed by atoms with E-state index in [4.69, 9.17) is 0 Å². The number of amides is 1. The number of carbonyl (C=O) groups excluding carboxylic acids is 1. The van der Waals surface area contributed by atoms with Crippen molar-refractivity contribution in [3.05, 3.63) is 34.3 Å². The molecule has 1 saturated carbocycles. The Morgan fingerprint density at radius 2 is 2.00 bits per heavy atom. The van der Waals surface area contributed by atoms with Gasteiger partial charge in [0.2, 0.25) is 5.91 Å². The Morgan fingerprint density at radius 3 is 2.63 bits per heavy atom. The van der Waals surface area contributed by atoms with Crippen LogP contribution in [-0.2, 0) is 10.5 Å². The third kappa shape index (κ3) is 4.84. The van der Waals surface area contributed by atoms with Crippen molar-refractivity contribution in [3.63, 3.8) is 0 Å². The minimum Gasteiger partial charge on any atom is -0.352 e. The van der Waals surface area contributed by atoms with Crippen LogP contribution >= 0.6 is 27.7 Å². The van der Waals surface area contributed by atoms with Crippen LogP contribution in [0.1, 0.15) is 38.2 Å². The number of halogens is 1. The van der Waals surface area contributed by atoms with Crippen molar-refractivity contribution in [2.75, 3.05) is 0 Å². The molecule has 1 amide bonds. The zero-order valence-electron chi connectivity index (χ0n) is 11.2. The first-order valence-electron chi connectivity index (χ1n) is 6.81. The standard InChI is InChI=1S/C15H20BrNOS/c1-11(15(18)17-14-4-2-3-5-14)19-10-12-6-8-13(16)9-7-12/h6-9,11,14H,2-5,10H2,1H3,(H,17,18)/t11-/m0/s1. The monoisotopic (exact) mass is 341 g/mol. The molecule has 1 fully saturated rings. The number of carbonyl (C=O) groups is 1. The molecule has 1 aliphatic rings. The SMILES string of the molecule is C[C@H](SCc1ccc(Br)cc1)C(=O)NC1CCCC1. The molecule has 1 aliphatic carbocycles. The lowest BCUT2D eigenvalue weighted by Crippen LogP contribution is -2.37. The molecule has 0 saturated heterocycles. The predicted octanol–water partition coefficient (Wildman–Crippen LogP) is 4.13. The summed E-state index contributed by atoms with van der Waals surface area (Å²) >= 11 is 5.13. The van der Waals surface area contributed by atoms with Crippen LogP contribution in [-0.4, -0.2) is 17.2 Å². The number of hydrogen-bond donors (Lipinski definition) is 1. The summed E-state index contributed by atoms with van der Waals surface area (Å²) < 4.78 is 1.09. The van der Waals surface area contributed by atoms with E-state index in [1.54, 1.807) is 11.8 Å². The zero-order valence-corrected chi connectivity index (χ0v) is 13.6. The summed E-state index contributed by atoms with van der Waals surface area (Å²) in [7, 11) is 0. The van der Waals surface area contributed by atoms with Crippen molar-refractivity contribution in [3.8, 4) is 0 Å². The van der Waals surface area contributed by atoms with E-state index in [0.717, 1.165) is 23.1 Å². The van der Waals surface area contributed by atoms with Gasteiger partial charge in [-0.25, -0.2) is 0 Å². The molecule has 0 heterocycles. The lowest BCUT2D eigenvalue weighted by molar-refractivity contribution is -0.120. The number of benzene rings is 1. The third-order valence-corrected chi connectivity index (χ3v) is 5.23. The molecular formula is C15H20BrNOS. The van der Waals surface area contributed by atoms with Gasteiger partial charge in [0.05, 0.1) is 5.25 Å². The summed E-state index contributed by atoms with van der Waals surface area (Å²) in [5.41, 5.74) is 1.26. The molecule has 0 radical (unpaired) electrons. The molecule has 1 aromatic carbocycles. The normalized spacial score (nSPS) is 17.4. The maximum Gasteiger partial charge on any atom is 0.233 e. The molecule has 0 aromatic heterocycles. The van der Waals surface area contributed by atoms with Gasteiger partial charge in [0.25, 0.3) is 0 Å². The molecule has 1 N–H and O–H groups in total. The Morgan fingerprint density at radius 1 is 1.37 bits per heavy atom. The second kappa shape index (κ2) is 7.34. The van der Waals surface area contributed by atoms with Crippen molar-refractivity contribution in [1.29, 1.82) is 0 Å². The number of thioether (sulfide) groups is 1. The summed E-state index contributed by atoms with van der Waals surface area (Å²) in [6, 6.07) is 8.69. The fourth-order valence-corrected chi connectivity index (χ4v) is 3.38. The van der Waals surface area contributed by atoms with Gasteiger partial charge in [-0.3, -0.25) is 4.79 Å². The molecular weight excluding hydrogens is 322 g/mol. The van der Waals surface area contributed by atoms with E-state index in [2.05, 4.69) is 33.4 Å². The largest absolute Gasteiger partial charge is 0.352 e. The van der Waals surface area contributed by atoms with E-state index in [1.807, 2.05) is 19.1 Å². The van der Waals surface area contributed by atoms with E-state index in [0.29, 0.717) is 6.04 Å². The van der Waals surface area contributed by atoms with Gasteiger partial charge in [-0.1, -0.05) is 40.9 Å². The molecule has 0 aliphatic heterocycles.